The van der Waals surface area contributed by atoms with E-state index in [9.17, 15) is 0 Å². The van der Waals surface area contributed by atoms with Crippen LogP contribution in [0.4, 0.5) is 17.1 Å². The molecule has 0 bridgehead atoms. The molecule has 0 spiro atoms. The highest BCUT2D eigenvalue weighted by Gasteiger charge is 2.26. The lowest BCUT2D eigenvalue weighted by molar-refractivity contribution is 0.477. The second kappa shape index (κ2) is 15.6. The largest absolute Gasteiger partial charge is 0.453 e. The first kappa shape index (κ1) is 35.1. The van der Waals surface area contributed by atoms with Crippen molar-refractivity contribution < 1.29 is 4.74 Å². The first-order valence-electron chi connectivity index (χ1n) is 17.8. The minimum atomic E-state index is 0.253. The van der Waals surface area contributed by atoms with Crippen molar-refractivity contribution in [1.82, 2.24) is 20.4 Å². The van der Waals surface area contributed by atoms with E-state index in [2.05, 4.69) is 61.7 Å². The van der Waals surface area contributed by atoms with Crippen molar-refractivity contribution in [2.75, 3.05) is 4.90 Å². The van der Waals surface area contributed by atoms with Gasteiger partial charge in [-0.05, 0) is 161 Å². The van der Waals surface area contributed by atoms with Crippen molar-refractivity contribution in [3.8, 4) is 56.3 Å². The fraction of sp³-hybridized carbons (Fsp3) is 0. The van der Waals surface area contributed by atoms with Gasteiger partial charge in [0, 0.05) is 46.7 Å². The third-order valence-electron chi connectivity index (χ3n) is 9.27. The molecule has 10 nitrogen and oxygen atoms in total. The summed E-state index contributed by atoms with van der Waals surface area (Å²) in [6.07, 6.45) is 12.5. The second-order valence-electron chi connectivity index (χ2n) is 12.9. The normalized spacial score (nSPS) is 12.3. The average molecular weight is 730 g/mol. The molecule has 0 amide bonds. The lowest BCUT2D eigenvalue weighted by Gasteiger charge is -2.33. The molecule has 0 atom stereocenters. The minimum absolute atomic E-state index is 0.253. The number of nitrogens with two attached hydrogens (primary N) is 2. The van der Waals surface area contributed by atoms with Gasteiger partial charge in [-0.1, -0.05) is 24.3 Å². The lowest BCUT2D eigenvalue weighted by atomic mass is 9.91. The van der Waals surface area contributed by atoms with Crippen LogP contribution in [-0.4, -0.2) is 32.3 Å². The number of benzene rings is 5. The number of hydrogen-bond acceptors (Lipinski definition) is 10. The van der Waals surface area contributed by atoms with Crippen molar-refractivity contribution in [3.63, 3.8) is 0 Å². The van der Waals surface area contributed by atoms with Crippen LogP contribution in [0.25, 0.3) is 50.5 Å². The van der Waals surface area contributed by atoms with Crippen molar-refractivity contribution in [2.45, 2.75) is 0 Å². The Morgan fingerprint density at radius 3 is 1.68 bits per heavy atom. The van der Waals surface area contributed by atoms with Crippen LogP contribution < -0.4 is 21.1 Å². The summed E-state index contributed by atoms with van der Waals surface area (Å²) < 4.78 is 6.39. The third-order valence-corrected chi connectivity index (χ3v) is 9.27. The van der Waals surface area contributed by atoms with E-state index in [1.165, 1.54) is 12.3 Å². The average Bonchev–Trinajstić information content (AvgIpc) is 3.26. The number of hydrogen-bond donors (Lipinski definition) is 4. The molecule has 3 heterocycles. The van der Waals surface area contributed by atoms with Gasteiger partial charge in [-0.25, -0.2) is 0 Å². The summed E-state index contributed by atoms with van der Waals surface area (Å²) in [4.78, 5) is 2.21. The topological polar surface area (TPSA) is 164 Å². The molecule has 5 aromatic carbocycles. The lowest BCUT2D eigenvalue weighted by Crippen LogP contribution is -2.15. The Bertz CT molecular complexity index is 2640. The number of anilines is 3. The van der Waals surface area contributed by atoms with Crippen molar-refractivity contribution in [3.05, 3.63) is 181 Å². The molecule has 1 aliphatic heterocycles. The summed E-state index contributed by atoms with van der Waals surface area (Å²) in [6.45, 7) is 0. The highest BCUT2D eigenvalue weighted by molar-refractivity contribution is 6.09. The van der Waals surface area contributed by atoms with Gasteiger partial charge in [-0.3, -0.25) is 0 Å². The molecule has 1 aliphatic rings. The van der Waals surface area contributed by atoms with Gasteiger partial charge in [0.05, 0.1) is 28.5 Å². The molecule has 0 fully saturated rings. The maximum absolute atomic E-state index is 8.92. The van der Waals surface area contributed by atoms with Gasteiger partial charge in [-0.15, -0.1) is 0 Å². The number of para-hydroxylation sites is 4. The quantitative estimate of drug-likeness (QED) is 0.0798. The summed E-state index contributed by atoms with van der Waals surface area (Å²) in [5, 5.41) is 33.5. The predicted molar refractivity (Wildman–Crippen MR) is 224 cm³/mol. The minimum Gasteiger partial charge on any atom is -0.453 e. The molecule has 0 unspecified atom stereocenters. The summed E-state index contributed by atoms with van der Waals surface area (Å²) in [6, 6.07) is 42.0. The molecule has 6 N–H and O–H groups in total. The van der Waals surface area contributed by atoms with Gasteiger partial charge in [0.2, 0.25) is 0 Å². The molecule has 56 heavy (non-hydrogen) atoms. The number of aromatic nitrogens is 4. The van der Waals surface area contributed by atoms with Crippen LogP contribution in [0.5, 0.6) is 11.5 Å². The van der Waals surface area contributed by atoms with Gasteiger partial charge >= 0.3 is 0 Å². The molecule has 0 saturated heterocycles. The summed E-state index contributed by atoms with van der Waals surface area (Å²) in [5.41, 5.74) is 23.7. The Labute approximate surface area is 323 Å². The van der Waals surface area contributed by atoms with E-state index >= 15 is 0 Å². The number of rotatable bonds is 10. The number of nitrogens with zero attached hydrogens (tertiary/aromatic N) is 5. The molecule has 10 heteroatoms. The van der Waals surface area contributed by atoms with Crippen molar-refractivity contribution in [2.24, 2.45) is 11.5 Å². The zero-order valence-electron chi connectivity index (χ0n) is 30.0. The smallest absolute Gasteiger partial charge is 0.151 e. The maximum atomic E-state index is 8.92. The second-order valence-corrected chi connectivity index (χ2v) is 12.9. The van der Waals surface area contributed by atoms with Gasteiger partial charge in [0.15, 0.2) is 11.5 Å². The van der Waals surface area contributed by atoms with Gasteiger partial charge < -0.3 is 31.9 Å². The van der Waals surface area contributed by atoms with Crippen LogP contribution in [0, 0.1) is 10.8 Å². The van der Waals surface area contributed by atoms with Crippen molar-refractivity contribution in [1.29, 1.82) is 10.8 Å². The molecular weight excluding hydrogens is 695 g/mol. The van der Waals surface area contributed by atoms with Gasteiger partial charge in [-0.2, -0.15) is 20.4 Å². The Morgan fingerprint density at radius 2 is 1.12 bits per heavy atom. The molecule has 0 aliphatic carbocycles. The Kier molecular flexibility index (Phi) is 9.74. The van der Waals surface area contributed by atoms with E-state index < -0.39 is 0 Å². The number of allylic oxidation sites excluding steroid dienone is 4. The fourth-order valence-electron chi connectivity index (χ4n) is 6.67. The SMILES string of the molecule is N=C/C=C\C(=N)c1cc(-c2cc(-c3cc(/C(N)=C/C=C\N)cc(-c4cccnn4)c3)cc(N3c4ccccc4Oc4ccccc43)c2)cc(-c2cccnn2)c1. The highest BCUT2D eigenvalue weighted by Crippen LogP contribution is 2.51. The number of ether oxygens (including phenoxy) is 1. The van der Waals surface area contributed by atoms with Gasteiger partial charge in [0.25, 0.3) is 0 Å². The van der Waals surface area contributed by atoms with Crippen LogP contribution in [0.1, 0.15) is 11.1 Å². The van der Waals surface area contributed by atoms with E-state index in [-0.39, 0.29) is 5.71 Å². The van der Waals surface area contributed by atoms with E-state index in [4.69, 9.17) is 27.0 Å². The van der Waals surface area contributed by atoms with Crippen LogP contribution in [0.15, 0.2) is 170 Å². The van der Waals surface area contributed by atoms with E-state index in [0.717, 1.165) is 73.7 Å². The molecule has 7 aromatic rings. The summed E-state index contributed by atoms with van der Waals surface area (Å²) >= 11 is 0. The first-order chi connectivity index (χ1) is 27.5. The zero-order valence-corrected chi connectivity index (χ0v) is 30.0. The number of fused-ring (bicyclic) bond motifs is 2. The highest BCUT2D eigenvalue weighted by atomic mass is 16.5. The van der Waals surface area contributed by atoms with Crippen LogP contribution in [0.2, 0.25) is 0 Å². The number of nitrogens with one attached hydrogen (secondary N) is 2. The molecular formula is C46H35N9O. The zero-order chi connectivity index (χ0) is 38.4. The molecule has 0 radical (unpaired) electrons. The Balaban J connectivity index is 1.41. The van der Waals surface area contributed by atoms with Gasteiger partial charge in [0.1, 0.15) is 0 Å². The first-order valence-corrected chi connectivity index (χ1v) is 17.8. The Hall–Kier alpha value is -7.98. The fourth-order valence-corrected chi connectivity index (χ4v) is 6.67. The van der Waals surface area contributed by atoms with Crippen molar-refractivity contribution >= 4 is 34.7 Å². The van der Waals surface area contributed by atoms with Crippen LogP contribution in [-0.2, 0) is 0 Å². The molecule has 2 aromatic heterocycles. The monoisotopic (exact) mass is 729 g/mol. The summed E-state index contributed by atoms with van der Waals surface area (Å²) in [7, 11) is 0. The molecule has 270 valence electrons. The Morgan fingerprint density at radius 1 is 0.607 bits per heavy atom. The standard InChI is InChI=1S/C46H35N9O/c47-17-5-9-39(49)34-22-30(24-36(26-34)41-11-7-19-51-53-41)32-21-33(31-23-35(40(50)10-6-18-48)27-37(25-31)42-12-8-20-52-54-42)29-38(28-32)55-43-13-1-3-15-45(43)56-46-16-4-2-14-44(46)55/h1-29,47,49H,48,50H2/b9-5-,18-6-,40-10-,47-17?,49-39?. The molecule has 8 rings (SSSR count). The van der Waals surface area contributed by atoms with E-state index in [1.807, 2.05) is 91.0 Å². The van der Waals surface area contributed by atoms with Crippen LogP contribution >= 0.6 is 0 Å². The molecule has 0 saturated carbocycles. The summed E-state index contributed by atoms with van der Waals surface area (Å²) in [5.74, 6) is 1.46. The predicted octanol–water partition coefficient (Wildman–Crippen LogP) is 9.86. The third kappa shape index (κ3) is 7.17. The van der Waals surface area contributed by atoms with E-state index in [1.54, 1.807) is 30.6 Å². The van der Waals surface area contributed by atoms with Crippen LogP contribution in [0.3, 0.4) is 0 Å². The maximum Gasteiger partial charge on any atom is 0.151 e. The van der Waals surface area contributed by atoms with E-state index in [0.29, 0.717) is 22.6 Å².